The molecule has 11 heavy (non-hydrogen) atoms. The molecule has 54 valence electrons. The fraction of sp³-hybridized carbons (Fsp3) is 0.250. The number of methoxy groups -OCH3 is 2. The molecule has 0 bridgehead atoms. The summed E-state index contributed by atoms with van der Waals surface area (Å²) in [5.74, 6) is 1.36. The van der Waals surface area contributed by atoms with Crippen LogP contribution in [0.1, 0.15) is 0 Å². The fourth-order valence-corrected chi connectivity index (χ4v) is 0.726. The van der Waals surface area contributed by atoms with E-state index in [0.29, 0.717) is 11.5 Å². The van der Waals surface area contributed by atoms with Crippen molar-refractivity contribution >= 4 is 0 Å². The Kier molecular flexibility index (Phi) is 5.38. The van der Waals surface area contributed by atoms with Crippen molar-refractivity contribution in [3.05, 3.63) is 24.3 Å². The van der Waals surface area contributed by atoms with E-state index in [1.807, 2.05) is 12.1 Å². The van der Waals surface area contributed by atoms with Crippen molar-refractivity contribution < 1.29 is 39.0 Å². The van der Waals surface area contributed by atoms with E-state index in [1.54, 1.807) is 20.3 Å². The zero-order valence-electron chi connectivity index (χ0n) is 7.05. The van der Waals surface area contributed by atoms with Gasteiger partial charge in [-0.2, -0.15) is 12.1 Å². The molecule has 2 nitrogen and oxygen atoms in total. The molecular formula is C8H9NaO2. The van der Waals surface area contributed by atoms with E-state index in [-0.39, 0.29) is 29.6 Å². The minimum Gasteiger partial charge on any atom is -0.551 e. The molecule has 0 unspecified atom stereocenters. The fourth-order valence-electron chi connectivity index (χ4n) is 0.726. The molecule has 0 amide bonds. The molecule has 0 N–H and O–H groups in total. The molecule has 3 heteroatoms. The van der Waals surface area contributed by atoms with Crippen LogP contribution in [0.25, 0.3) is 0 Å². The summed E-state index contributed by atoms with van der Waals surface area (Å²) in [5, 5.41) is 0. The summed E-state index contributed by atoms with van der Waals surface area (Å²) in [4.78, 5) is 0. The molecule has 0 heterocycles. The molecule has 0 saturated carbocycles. The summed E-state index contributed by atoms with van der Waals surface area (Å²) in [5.41, 5.74) is 0. The Morgan fingerprint density at radius 2 is 2.00 bits per heavy atom. The van der Waals surface area contributed by atoms with Crippen LogP contribution < -0.4 is 39.0 Å². The van der Waals surface area contributed by atoms with Gasteiger partial charge in [0.15, 0.2) is 0 Å². The summed E-state index contributed by atoms with van der Waals surface area (Å²) < 4.78 is 9.94. The van der Waals surface area contributed by atoms with E-state index in [2.05, 4.69) is 6.07 Å². The average Bonchev–Trinajstić information content (AvgIpc) is 2.04. The second-order valence-electron chi connectivity index (χ2n) is 1.77. The summed E-state index contributed by atoms with van der Waals surface area (Å²) in [6.07, 6.45) is 0. The van der Waals surface area contributed by atoms with Gasteiger partial charge in [-0.1, -0.05) is 0 Å². The minimum absolute atomic E-state index is 0. The molecule has 0 spiro atoms. The van der Waals surface area contributed by atoms with Crippen molar-refractivity contribution in [3.8, 4) is 11.5 Å². The first kappa shape index (κ1) is 10.8. The standard InChI is InChI=1S/C8H9O2.Na/c1-9-7-5-3-4-6-8(7)10-2;/h3-5H,1-2H3;/q-1;+1. The first-order valence-corrected chi connectivity index (χ1v) is 2.97. The van der Waals surface area contributed by atoms with Crippen molar-refractivity contribution in [2.45, 2.75) is 0 Å². The van der Waals surface area contributed by atoms with E-state index in [0.717, 1.165) is 0 Å². The largest absolute Gasteiger partial charge is 1.00 e. The van der Waals surface area contributed by atoms with Crippen LogP contribution in [0.15, 0.2) is 18.2 Å². The van der Waals surface area contributed by atoms with Gasteiger partial charge >= 0.3 is 29.6 Å². The Balaban J connectivity index is 0.000001000. The molecule has 0 fully saturated rings. The summed E-state index contributed by atoms with van der Waals surface area (Å²) in [6.45, 7) is 0. The molecule has 0 aliphatic heterocycles. The normalized spacial score (nSPS) is 8.18. The van der Waals surface area contributed by atoms with Crippen LogP contribution in [0, 0.1) is 6.07 Å². The maximum atomic E-state index is 4.98. The van der Waals surface area contributed by atoms with Gasteiger partial charge in [0.25, 0.3) is 0 Å². The van der Waals surface area contributed by atoms with Crippen molar-refractivity contribution in [1.82, 2.24) is 0 Å². The number of ether oxygens (including phenoxy) is 2. The monoisotopic (exact) mass is 160 g/mol. The molecule has 0 aliphatic carbocycles. The van der Waals surface area contributed by atoms with E-state index < -0.39 is 0 Å². The van der Waals surface area contributed by atoms with Gasteiger partial charge in [0.05, 0.1) is 14.2 Å². The van der Waals surface area contributed by atoms with Gasteiger partial charge in [-0.25, -0.2) is 0 Å². The average molecular weight is 160 g/mol. The Morgan fingerprint density at radius 3 is 2.45 bits per heavy atom. The van der Waals surface area contributed by atoms with E-state index >= 15 is 0 Å². The van der Waals surface area contributed by atoms with Crippen LogP contribution >= 0.6 is 0 Å². The molecule has 0 aliphatic rings. The molecule has 0 atom stereocenters. The molecule has 1 rings (SSSR count). The Hall–Kier alpha value is -0.180. The summed E-state index contributed by atoms with van der Waals surface area (Å²) >= 11 is 0. The Morgan fingerprint density at radius 1 is 1.27 bits per heavy atom. The Bertz CT molecular complexity index is 190. The van der Waals surface area contributed by atoms with Crippen LogP contribution in [0.4, 0.5) is 0 Å². The van der Waals surface area contributed by atoms with Crippen molar-refractivity contribution in [1.29, 1.82) is 0 Å². The van der Waals surface area contributed by atoms with Crippen molar-refractivity contribution in [3.63, 3.8) is 0 Å². The zero-order chi connectivity index (χ0) is 7.40. The van der Waals surface area contributed by atoms with Gasteiger partial charge < -0.3 is 9.47 Å². The number of rotatable bonds is 2. The maximum Gasteiger partial charge on any atom is 1.00 e. The molecule has 1 aromatic carbocycles. The van der Waals surface area contributed by atoms with E-state index in [4.69, 9.17) is 9.47 Å². The smallest absolute Gasteiger partial charge is 0.551 e. The first-order chi connectivity index (χ1) is 4.88. The van der Waals surface area contributed by atoms with Crippen molar-refractivity contribution in [2.75, 3.05) is 14.2 Å². The SMILES string of the molecule is COc1[c-]cccc1OC.[Na+]. The van der Waals surface area contributed by atoms with E-state index in [9.17, 15) is 0 Å². The summed E-state index contributed by atoms with van der Waals surface area (Å²) in [6, 6.07) is 8.35. The predicted octanol–water partition coefficient (Wildman–Crippen LogP) is -1.49. The molecule has 1 aromatic rings. The van der Waals surface area contributed by atoms with Crippen LogP contribution in [0.2, 0.25) is 0 Å². The second kappa shape index (κ2) is 5.47. The van der Waals surface area contributed by atoms with Crippen LogP contribution in [0.5, 0.6) is 11.5 Å². The molecule has 0 radical (unpaired) electrons. The molecule has 0 aromatic heterocycles. The van der Waals surface area contributed by atoms with Gasteiger partial charge in [0, 0.05) is 11.5 Å². The van der Waals surface area contributed by atoms with Gasteiger partial charge in [-0.3, -0.25) is 0 Å². The van der Waals surface area contributed by atoms with Crippen LogP contribution in [0.3, 0.4) is 0 Å². The van der Waals surface area contributed by atoms with E-state index in [1.165, 1.54) is 0 Å². The van der Waals surface area contributed by atoms with Gasteiger partial charge in [0.1, 0.15) is 0 Å². The Labute approximate surface area is 88.8 Å². The predicted molar refractivity (Wildman–Crippen MR) is 38.4 cm³/mol. The number of hydrogen-bond acceptors (Lipinski definition) is 2. The van der Waals surface area contributed by atoms with Crippen molar-refractivity contribution in [2.24, 2.45) is 0 Å². The first-order valence-electron chi connectivity index (χ1n) is 2.97. The number of para-hydroxylation sites is 1. The molecular weight excluding hydrogens is 151 g/mol. The number of hydrogen-bond donors (Lipinski definition) is 0. The van der Waals surface area contributed by atoms with Gasteiger partial charge in [0.2, 0.25) is 0 Å². The number of benzene rings is 1. The minimum atomic E-state index is 0. The third-order valence-electron chi connectivity index (χ3n) is 1.21. The summed E-state index contributed by atoms with van der Waals surface area (Å²) in [7, 11) is 3.19. The second-order valence-corrected chi connectivity index (χ2v) is 1.77. The van der Waals surface area contributed by atoms with Gasteiger partial charge in [-0.15, -0.1) is 12.1 Å². The zero-order valence-corrected chi connectivity index (χ0v) is 9.05. The van der Waals surface area contributed by atoms with Gasteiger partial charge in [-0.05, 0) is 0 Å². The van der Waals surface area contributed by atoms with Crippen LogP contribution in [-0.4, -0.2) is 14.2 Å². The third-order valence-corrected chi connectivity index (χ3v) is 1.21. The third kappa shape index (κ3) is 2.73. The molecule has 0 saturated heterocycles. The maximum absolute atomic E-state index is 4.98. The van der Waals surface area contributed by atoms with Crippen LogP contribution in [-0.2, 0) is 0 Å². The quantitative estimate of drug-likeness (QED) is 0.387. The topological polar surface area (TPSA) is 18.5 Å².